The number of amides is 1. The number of hydrogen-bond donors (Lipinski definition) is 1. The van der Waals surface area contributed by atoms with Crippen LogP contribution in [0.1, 0.15) is 47.0 Å². The Labute approximate surface area is 127 Å². The number of hydrogen-bond acceptors (Lipinski definition) is 3. The van der Waals surface area contributed by atoms with E-state index >= 15 is 0 Å². The van der Waals surface area contributed by atoms with E-state index in [-0.39, 0.29) is 5.91 Å². The summed E-state index contributed by atoms with van der Waals surface area (Å²) in [5, 5.41) is 2.90. The lowest BCUT2D eigenvalue weighted by Gasteiger charge is -2.14. The summed E-state index contributed by atoms with van der Waals surface area (Å²) in [6.45, 7) is 9.45. The number of benzene rings is 1. The minimum Gasteiger partial charge on any atom is -0.490 e. The van der Waals surface area contributed by atoms with Gasteiger partial charge in [0.25, 0.3) is 0 Å². The highest BCUT2D eigenvalue weighted by Gasteiger charge is 2.10. The fourth-order valence-corrected chi connectivity index (χ4v) is 1.82. The number of carbonyl (C=O) groups is 1. The Bertz CT molecular complexity index is 444. The summed E-state index contributed by atoms with van der Waals surface area (Å²) in [7, 11) is 0. The van der Waals surface area contributed by atoms with Crippen LogP contribution < -0.4 is 14.8 Å². The Hall–Kier alpha value is -1.71. The zero-order chi connectivity index (χ0) is 15.7. The first-order valence-corrected chi connectivity index (χ1v) is 7.76. The van der Waals surface area contributed by atoms with Crippen molar-refractivity contribution in [3.05, 3.63) is 18.2 Å². The molecule has 1 N–H and O–H groups in total. The molecule has 0 aromatic heterocycles. The zero-order valence-electron chi connectivity index (χ0n) is 13.6. The van der Waals surface area contributed by atoms with Gasteiger partial charge in [0.15, 0.2) is 11.5 Å². The van der Waals surface area contributed by atoms with Crippen LogP contribution in [0.5, 0.6) is 11.5 Å². The monoisotopic (exact) mass is 293 g/mol. The summed E-state index contributed by atoms with van der Waals surface area (Å²) in [6, 6.07) is 5.53. The molecule has 0 unspecified atom stereocenters. The molecule has 0 spiro atoms. The van der Waals surface area contributed by atoms with Gasteiger partial charge in [-0.15, -0.1) is 0 Å². The van der Waals surface area contributed by atoms with Gasteiger partial charge in [0, 0.05) is 18.2 Å². The van der Waals surface area contributed by atoms with Gasteiger partial charge in [0.2, 0.25) is 5.91 Å². The van der Waals surface area contributed by atoms with Gasteiger partial charge in [-0.1, -0.05) is 27.7 Å². The minimum absolute atomic E-state index is 0.0219. The van der Waals surface area contributed by atoms with E-state index in [4.69, 9.17) is 9.47 Å². The Kier molecular flexibility index (Phi) is 7.65. The van der Waals surface area contributed by atoms with Crippen LogP contribution in [0.15, 0.2) is 18.2 Å². The number of carbonyl (C=O) groups excluding carboxylic acids is 1. The van der Waals surface area contributed by atoms with Gasteiger partial charge < -0.3 is 14.8 Å². The molecule has 1 aromatic rings. The van der Waals surface area contributed by atoms with Crippen LogP contribution in [0.25, 0.3) is 0 Å². The van der Waals surface area contributed by atoms with Crippen molar-refractivity contribution in [3.8, 4) is 11.5 Å². The molecule has 0 saturated carbocycles. The molecule has 118 valence electrons. The maximum absolute atomic E-state index is 11.8. The van der Waals surface area contributed by atoms with Gasteiger partial charge in [-0.25, -0.2) is 0 Å². The van der Waals surface area contributed by atoms with Gasteiger partial charge in [-0.3, -0.25) is 4.79 Å². The fraction of sp³-hybridized carbons (Fsp3) is 0.588. The molecule has 0 fully saturated rings. The Morgan fingerprint density at radius 1 is 1.10 bits per heavy atom. The molecule has 0 radical (unpaired) electrons. The first kappa shape index (κ1) is 17.3. The number of nitrogens with one attached hydrogen (secondary N) is 1. The van der Waals surface area contributed by atoms with Crippen molar-refractivity contribution in [2.45, 2.75) is 47.0 Å². The molecule has 4 heteroatoms. The Morgan fingerprint density at radius 2 is 1.71 bits per heavy atom. The molecule has 0 aliphatic rings. The highest BCUT2D eigenvalue weighted by atomic mass is 16.5. The van der Waals surface area contributed by atoms with Crippen LogP contribution >= 0.6 is 0 Å². The number of rotatable bonds is 9. The summed E-state index contributed by atoms with van der Waals surface area (Å²) < 4.78 is 11.4. The van der Waals surface area contributed by atoms with Crippen molar-refractivity contribution >= 4 is 11.6 Å². The van der Waals surface area contributed by atoms with E-state index < -0.39 is 0 Å². The van der Waals surface area contributed by atoms with E-state index in [1.807, 2.05) is 32.0 Å². The van der Waals surface area contributed by atoms with Gasteiger partial charge in [-0.05, 0) is 30.9 Å². The lowest BCUT2D eigenvalue weighted by molar-refractivity contribution is -0.116. The first-order chi connectivity index (χ1) is 10.1. The molecule has 0 aliphatic heterocycles. The third-order valence-electron chi connectivity index (χ3n) is 2.74. The maximum Gasteiger partial charge on any atom is 0.224 e. The van der Waals surface area contributed by atoms with Crippen molar-refractivity contribution in [2.75, 3.05) is 18.5 Å². The molecule has 1 amide bonds. The van der Waals surface area contributed by atoms with E-state index in [1.165, 1.54) is 0 Å². The molecule has 1 rings (SSSR count). The number of ether oxygens (including phenoxy) is 2. The van der Waals surface area contributed by atoms with Crippen LogP contribution in [0.3, 0.4) is 0 Å². The molecule has 0 atom stereocenters. The zero-order valence-corrected chi connectivity index (χ0v) is 13.6. The van der Waals surface area contributed by atoms with Crippen molar-refractivity contribution in [1.82, 2.24) is 0 Å². The molecular formula is C17H27NO3. The van der Waals surface area contributed by atoms with Crippen molar-refractivity contribution in [2.24, 2.45) is 5.92 Å². The Morgan fingerprint density at radius 3 is 2.29 bits per heavy atom. The third kappa shape index (κ3) is 6.52. The summed E-state index contributed by atoms with van der Waals surface area (Å²) in [6.07, 6.45) is 2.39. The molecular weight excluding hydrogens is 266 g/mol. The maximum atomic E-state index is 11.8. The van der Waals surface area contributed by atoms with E-state index in [1.54, 1.807) is 0 Å². The van der Waals surface area contributed by atoms with Crippen LogP contribution in [-0.4, -0.2) is 19.1 Å². The second-order valence-electron chi connectivity index (χ2n) is 5.50. The van der Waals surface area contributed by atoms with Crippen LogP contribution in [0.2, 0.25) is 0 Å². The molecule has 4 nitrogen and oxygen atoms in total. The van der Waals surface area contributed by atoms with Crippen LogP contribution in [0, 0.1) is 5.92 Å². The highest BCUT2D eigenvalue weighted by molar-refractivity contribution is 5.91. The second-order valence-corrected chi connectivity index (χ2v) is 5.50. The third-order valence-corrected chi connectivity index (χ3v) is 2.74. The minimum atomic E-state index is 0.0219. The van der Waals surface area contributed by atoms with E-state index in [9.17, 15) is 4.79 Å². The average molecular weight is 293 g/mol. The predicted molar refractivity (Wildman–Crippen MR) is 86.1 cm³/mol. The average Bonchev–Trinajstić information content (AvgIpc) is 2.43. The molecule has 0 heterocycles. The summed E-state index contributed by atoms with van der Waals surface area (Å²) in [5.41, 5.74) is 0.746. The molecule has 0 saturated heterocycles. The van der Waals surface area contributed by atoms with Gasteiger partial charge >= 0.3 is 0 Å². The van der Waals surface area contributed by atoms with E-state index in [0.717, 1.165) is 24.3 Å². The van der Waals surface area contributed by atoms with Gasteiger partial charge in [0.1, 0.15) is 0 Å². The lowest BCUT2D eigenvalue weighted by atomic mass is 10.1. The predicted octanol–water partition coefficient (Wildman–Crippen LogP) is 4.25. The normalized spacial score (nSPS) is 10.5. The van der Waals surface area contributed by atoms with Crippen molar-refractivity contribution < 1.29 is 14.3 Å². The largest absolute Gasteiger partial charge is 0.490 e. The number of anilines is 1. The summed E-state index contributed by atoms with van der Waals surface area (Å²) in [4.78, 5) is 11.8. The van der Waals surface area contributed by atoms with Crippen molar-refractivity contribution in [3.63, 3.8) is 0 Å². The molecule has 0 bridgehead atoms. The topological polar surface area (TPSA) is 47.6 Å². The van der Waals surface area contributed by atoms with Crippen molar-refractivity contribution in [1.29, 1.82) is 0 Å². The van der Waals surface area contributed by atoms with E-state index in [0.29, 0.717) is 31.3 Å². The summed E-state index contributed by atoms with van der Waals surface area (Å²) >= 11 is 0. The lowest BCUT2D eigenvalue weighted by Crippen LogP contribution is -2.14. The highest BCUT2D eigenvalue weighted by Crippen LogP contribution is 2.31. The van der Waals surface area contributed by atoms with E-state index in [2.05, 4.69) is 19.2 Å². The van der Waals surface area contributed by atoms with Gasteiger partial charge in [0.05, 0.1) is 13.2 Å². The SMILES string of the molecule is CCCOc1ccc(NC(=O)CC(C)C)cc1OCCC. The smallest absolute Gasteiger partial charge is 0.224 e. The standard InChI is InChI=1S/C17H27NO3/c1-5-9-20-15-8-7-14(12-16(15)21-10-6-2)18-17(19)11-13(3)4/h7-8,12-13H,5-6,9-11H2,1-4H3,(H,18,19). The fourth-order valence-electron chi connectivity index (χ4n) is 1.82. The second kappa shape index (κ2) is 9.27. The van der Waals surface area contributed by atoms with Gasteiger partial charge in [-0.2, -0.15) is 0 Å². The summed E-state index contributed by atoms with van der Waals surface area (Å²) in [5.74, 6) is 1.78. The van der Waals surface area contributed by atoms with Crippen LogP contribution in [0.4, 0.5) is 5.69 Å². The Balaban J connectivity index is 2.79. The quantitative estimate of drug-likeness (QED) is 0.740. The first-order valence-electron chi connectivity index (χ1n) is 7.76. The molecule has 1 aromatic carbocycles. The van der Waals surface area contributed by atoms with Crippen LogP contribution in [-0.2, 0) is 4.79 Å². The molecule has 0 aliphatic carbocycles. The molecule has 21 heavy (non-hydrogen) atoms.